The van der Waals surface area contributed by atoms with E-state index in [1.807, 2.05) is 25.1 Å². The van der Waals surface area contributed by atoms with Crippen molar-refractivity contribution < 1.29 is 8.42 Å². The molecule has 6 nitrogen and oxygen atoms in total. The SMILES string of the molecule is CCn1cc(S(=O)(=O)N2CCN(c3ccccc3)CC2)c(C)n1. The molecule has 1 aromatic carbocycles. The number of nitrogens with zero attached hydrogens (tertiary/aromatic N) is 4. The van der Waals surface area contributed by atoms with Crippen LogP contribution in [-0.2, 0) is 16.6 Å². The first-order valence-corrected chi connectivity index (χ1v) is 9.30. The number of sulfonamides is 1. The van der Waals surface area contributed by atoms with Crippen molar-refractivity contribution in [2.24, 2.45) is 0 Å². The van der Waals surface area contributed by atoms with Crippen LogP contribution in [0, 0.1) is 6.92 Å². The van der Waals surface area contributed by atoms with Crippen LogP contribution < -0.4 is 4.90 Å². The molecule has 1 aromatic heterocycles. The van der Waals surface area contributed by atoms with Gasteiger partial charge in [-0.1, -0.05) is 18.2 Å². The minimum Gasteiger partial charge on any atom is -0.369 e. The van der Waals surface area contributed by atoms with Crippen LogP contribution >= 0.6 is 0 Å². The van der Waals surface area contributed by atoms with Gasteiger partial charge in [-0.25, -0.2) is 8.42 Å². The van der Waals surface area contributed by atoms with Crippen LogP contribution in [0.4, 0.5) is 5.69 Å². The molecule has 3 rings (SSSR count). The highest BCUT2D eigenvalue weighted by atomic mass is 32.2. The molecular formula is C16H22N4O2S. The summed E-state index contributed by atoms with van der Waals surface area (Å²) in [6, 6.07) is 10.1. The van der Waals surface area contributed by atoms with E-state index >= 15 is 0 Å². The van der Waals surface area contributed by atoms with E-state index < -0.39 is 10.0 Å². The van der Waals surface area contributed by atoms with Crippen molar-refractivity contribution in [3.05, 3.63) is 42.2 Å². The molecular weight excluding hydrogens is 312 g/mol. The van der Waals surface area contributed by atoms with Gasteiger partial charge in [0.05, 0.1) is 5.69 Å². The molecule has 0 unspecified atom stereocenters. The Morgan fingerprint density at radius 3 is 2.30 bits per heavy atom. The number of rotatable bonds is 4. The van der Waals surface area contributed by atoms with Crippen LogP contribution in [0.5, 0.6) is 0 Å². The van der Waals surface area contributed by atoms with Crippen molar-refractivity contribution in [1.29, 1.82) is 0 Å². The summed E-state index contributed by atoms with van der Waals surface area (Å²) in [5.41, 5.74) is 1.71. The van der Waals surface area contributed by atoms with Gasteiger partial charge in [0.15, 0.2) is 0 Å². The van der Waals surface area contributed by atoms with Crippen molar-refractivity contribution in [2.75, 3.05) is 31.1 Å². The molecule has 1 saturated heterocycles. The Morgan fingerprint density at radius 1 is 1.09 bits per heavy atom. The molecule has 23 heavy (non-hydrogen) atoms. The Balaban J connectivity index is 1.75. The van der Waals surface area contributed by atoms with Crippen molar-refractivity contribution >= 4 is 15.7 Å². The van der Waals surface area contributed by atoms with Crippen molar-refractivity contribution in [3.63, 3.8) is 0 Å². The number of hydrogen-bond acceptors (Lipinski definition) is 4. The Bertz CT molecular complexity index is 763. The summed E-state index contributed by atoms with van der Waals surface area (Å²) in [6.45, 7) is 6.75. The number of para-hydroxylation sites is 1. The largest absolute Gasteiger partial charge is 0.369 e. The monoisotopic (exact) mass is 334 g/mol. The average Bonchev–Trinajstić information content (AvgIpc) is 2.97. The number of benzene rings is 1. The van der Waals surface area contributed by atoms with Gasteiger partial charge in [0.1, 0.15) is 4.90 Å². The predicted octanol–water partition coefficient (Wildman–Crippen LogP) is 1.72. The molecule has 0 atom stereocenters. The fraction of sp³-hybridized carbons (Fsp3) is 0.438. The van der Waals surface area contributed by atoms with Gasteiger partial charge in [0.25, 0.3) is 0 Å². The molecule has 2 heterocycles. The molecule has 0 saturated carbocycles. The van der Waals surface area contributed by atoms with E-state index in [1.165, 1.54) is 0 Å². The topological polar surface area (TPSA) is 58.4 Å². The highest BCUT2D eigenvalue weighted by Gasteiger charge is 2.31. The lowest BCUT2D eigenvalue weighted by Gasteiger charge is -2.35. The second-order valence-electron chi connectivity index (χ2n) is 5.66. The van der Waals surface area contributed by atoms with E-state index in [4.69, 9.17) is 0 Å². The number of anilines is 1. The van der Waals surface area contributed by atoms with Crippen molar-refractivity contribution in [3.8, 4) is 0 Å². The Morgan fingerprint density at radius 2 is 1.74 bits per heavy atom. The Hall–Kier alpha value is -1.86. The van der Waals surface area contributed by atoms with Gasteiger partial charge in [-0.2, -0.15) is 9.40 Å². The standard InChI is InChI=1S/C16H22N4O2S/c1-3-19-13-16(14(2)17-19)23(21,22)20-11-9-18(10-12-20)15-7-5-4-6-8-15/h4-8,13H,3,9-12H2,1-2H3. The molecule has 1 fully saturated rings. The lowest BCUT2D eigenvalue weighted by Crippen LogP contribution is -2.48. The molecule has 7 heteroatoms. The molecule has 0 amide bonds. The zero-order valence-corrected chi connectivity index (χ0v) is 14.3. The Kier molecular flexibility index (Phi) is 4.41. The maximum Gasteiger partial charge on any atom is 0.246 e. The van der Waals surface area contributed by atoms with Crippen molar-refractivity contribution in [1.82, 2.24) is 14.1 Å². The van der Waals surface area contributed by atoms with Gasteiger partial charge in [-0.05, 0) is 26.0 Å². The van der Waals surface area contributed by atoms with Gasteiger partial charge in [0.2, 0.25) is 10.0 Å². The molecule has 0 radical (unpaired) electrons. The number of hydrogen-bond donors (Lipinski definition) is 0. The van der Waals surface area contributed by atoms with E-state index in [0.717, 1.165) is 5.69 Å². The first-order valence-electron chi connectivity index (χ1n) is 7.86. The van der Waals surface area contributed by atoms with Gasteiger partial charge >= 0.3 is 0 Å². The van der Waals surface area contributed by atoms with Crippen LogP contribution in [0.3, 0.4) is 0 Å². The molecule has 0 bridgehead atoms. The van der Waals surface area contributed by atoms with Crippen LogP contribution in [-0.4, -0.2) is 48.7 Å². The second kappa shape index (κ2) is 6.33. The summed E-state index contributed by atoms with van der Waals surface area (Å²) >= 11 is 0. The normalized spacial score (nSPS) is 16.7. The minimum absolute atomic E-state index is 0.326. The van der Waals surface area contributed by atoms with E-state index in [-0.39, 0.29) is 0 Å². The smallest absolute Gasteiger partial charge is 0.246 e. The fourth-order valence-corrected chi connectivity index (χ4v) is 4.47. The van der Waals surface area contributed by atoms with E-state index in [2.05, 4.69) is 22.1 Å². The molecule has 0 N–H and O–H groups in total. The third-order valence-electron chi connectivity index (χ3n) is 4.20. The van der Waals surface area contributed by atoms with Gasteiger partial charge in [-0.15, -0.1) is 0 Å². The first kappa shape index (κ1) is 16.0. The molecule has 1 aliphatic rings. The second-order valence-corrected chi connectivity index (χ2v) is 7.57. The quantitative estimate of drug-likeness (QED) is 0.854. The number of aryl methyl sites for hydroxylation is 2. The van der Waals surface area contributed by atoms with Crippen LogP contribution in [0.25, 0.3) is 0 Å². The number of piperazine rings is 1. The van der Waals surface area contributed by atoms with Gasteiger partial charge < -0.3 is 4.90 Å². The lowest BCUT2D eigenvalue weighted by atomic mass is 10.2. The highest BCUT2D eigenvalue weighted by molar-refractivity contribution is 7.89. The predicted molar refractivity (Wildman–Crippen MR) is 90.1 cm³/mol. The van der Waals surface area contributed by atoms with Gasteiger partial charge in [0, 0.05) is 44.6 Å². The van der Waals surface area contributed by atoms with Crippen LogP contribution in [0.15, 0.2) is 41.4 Å². The zero-order valence-electron chi connectivity index (χ0n) is 13.5. The van der Waals surface area contributed by atoms with Crippen LogP contribution in [0.1, 0.15) is 12.6 Å². The summed E-state index contributed by atoms with van der Waals surface area (Å²) in [5, 5.41) is 4.25. The lowest BCUT2D eigenvalue weighted by molar-refractivity contribution is 0.384. The third kappa shape index (κ3) is 3.11. The first-order chi connectivity index (χ1) is 11.0. The van der Waals surface area contributed by atoms with Crippen molar-refractivity contribution in [2.45, 2.75) is 25.3 Å². The molecule has 0 aliphatic carbocycles. The van der Waals surface area contributed by atoms with E-state index in [9.17, 15) is 8.42 Å². The maximum atomic E-state index is 12.8. The summed E-state index contributed by atoms with van der Waals surface area (Å²) in [5.74, 6) is 0. The molecule has 1 aliphatic heterocycles. The summed E-state index contributed by atoms with van der Waals surface area (Å²) < 4.78 is 28.9. The molecule has 0 spiro atoms. The minimum atomic E-state index is -3.46. The molecule has 124 valence electrons. The van der Waals surface area contributed by atoms with E-state index in [0.29, 0.717) is 43.3 Å². The van der Waals surface area contributed by atoms with E-state index in [1.54, 1.807) is 22.1 Å². The third-order valence-corrected chi connectivity index (χ3v) is 6.20. The Labute approximate surface area is 137 Å². The summed E-state index contributed by atoms with van der Waals surface area (Å²) in [7, 11) is -3.46. The highest BCUT2D eigenvalue weighted by Crippen LogP contribution is 2.22. The average molecular weight is 334 g/mol. The summed E-state index contributed by atoms with van der Waals surface area (Å²) in [6.07, 6.45) is 1.63. The zero-order chi connectivity index (χ0) is 16.4. The van der Waals surface area contributed by atoms with Gasteiger partial charge in [-0.3, -0.25) is 4.68 Å². The maximum absolute atomic E-state index is 12.8. The van der Waals surface area contributed by atoms with Crippen LogP contribution in [0.2, 0.25) is 0 Å². The fourth-order valence-electron chi connectivity index (χ4n) is 2.88. The summed E-state index contributed by atoms with van der Waals surface area (Å²) in [4.78, 5) is 2.54. The molecule has 2 aromatic rings. The number of aromatic nitrogens is 2.